The van der Waals surface area contributed by atoms with E-state index in [0.717, 1.165) is 17.8 Å². The highest BCUT2D eigenvalue weighted by Gasteiger charge is 2.14. The van der Waals surface area contributed by atoms with E-state index in [9.17, 15) is 14.0 Å². The van der Waals surface area contributed by atoms with Crippen molar-refractivity contribution in [2.24, 2.45) is 0 Å². The Morgan fingerprint density at radius 3 is 2.62 bits per heavy atom. The lowest BCUT2D eigenvalue weighted by Crippen LogP contribution is -2.31. The number of carbonyl (C=O) groups excluding carboxylic acids is 2. The van der Waals surface area contributed by atoms with Crippen LogP contribution in [0.5, 0.6) is 0 Å². The number of anilines is 1. The number of benzene rings is 1. The van der Waals surface area contributed by atoms with Gasteiger partial charge in [-0.3, -0.25) is 9.59 Å². The summed E-state index contributed by atoms with van der Waals surface area (Å²) in [7, 11) is 0. The van der Waals surface area contributed by atoms with Crippen LogP contribution in [0.4, 0.5) is 10.1 Å². The van der Waals surface area contributed by atoms with Crippen molar-refractivity contribution in [2.75, 3.05) is 5.32 Å². The zero-order chi connectivity index (χ0) is 17.5. The fraction of sp³-hybridized carbons (Fsp3) is 0.375. The molecule has 2 N–H and O–H groups in total. The van der Waals surface area contributed by atoms with Gasteiger partial charge in [0.15, 0.2) is 0 Å². The van der Waals surface area contributed by atoms with Gasteiger partial charge in [-0.05, 0) is 37.6 Å². The molecule has 128 valence electrons. The van der Waals surface area contributed by atoms with Gasteiger partial charge in [-0.2, -0.15) is 0 Å². The molecular weight excluding hydrogens is 331 g/mol. The van der Waals surface area contributed by atoms with Crippen LogP contribution < -0.4 is 10.6 Å². The van der Waals surface area contributed by atoms with E-state index in [1.54, 1.807) is 0 Å². The number of amides is 2. The normalized spacial score (nSPS) is 11.8. The monoisotopic (exact) mass is 350 g/mol. The highest BCUT2D eigenvalue weighted by molar-refractivity contribution is 7.13. The quantitative estimate of drug-likeness (QED) is 0.804. The molecule has 0 aliphatic carbocycles. The van der Waals surface area contributed by atoms with Crippen molar-refractivity contribution in [3.8, 4) is 0 Å². The van der Waals surface area contributed by atoms with Gasteiger partial charge >= 0.3 is 0 Å². The third-order valence-corrected chi connectivity index (χ3v) is 4.33. The van der Waals surface area contributed by atoms with Crippen LogP contribution >= 0.6 is 11.3 Å². The van der Waals surface area contributed by atoms with Gasteiger partial charge in [0.2, 0.25) is 10.9 Å². The lowest BCUT2D eigenvalue weighted by molar-refractivity contribution is -0.121. The summed E-state index contributed by atoms with van der Waals surface area (Å²) >= 11 is 1.14. The standard InChI is InChI=1S/C16H19FN4O2S/c1-3-10(2)18-13(22)8-9-14-20-21-16(24-14)15(23)19-12-6-4-11(17)5-7-12/h4-7,10H,3,8-9H2,1-2H3,(H,18,22)(H,19,23). The first-order valence-electron chi connectivity index (χ1n) is 7.66. The predicted octanol–water partition coefficient (Wildman–Crippen LogP) is 2.78. The van der Waals surface area contributed by atoms with Crippen molar-refractivity contribution in [2.45, 2.75) is 39.2 Å². The number of nitrogens with zero attached hydrogens (tertiary/aromatic N) is 2. The Labute approximate surface area is 143 Å². The van der Waals surface area contributed by atoms with E-state index < -0.39 is 5.91 Å². The van der Waals surface area contributed by atoms with Crippen LogP contribution in [0, 0.1) is 5.82 Å². The number of nitrogens with one attached hydrogen (secondary N) is 2. The average Bonchev–Trinajstić information content (AvgIpc) is 3.04. The number of hydrogen-bond acceptors (Lipinski definition) is 5. The number of halogens is 1. The molecule has 2 rings (SSSR count). The van der Waals surface area contributed by atoms with E-state index in [-0.39, 0.29) is 22.8 Å². The van der Waals surface area contributed by atoms with Crippen molar-refractivity contribution in [1.29, 1.82) is 0 Å². The molecule has 1 atom stereocenters. The van der Waals surface area contributed by atoms with Gasteiger partial charge in [-0.1, -0.05) is 18.3 Å². The molecule has 1 unspecified atom stereocenters. The number of carbonyl (C=O) groups is 2. The van der Waals surface area contributed by atoms with Gasteiger partial charge in [0.05, 0.1) is 0 Å². The van der Waals surface area contributed by atoms with E-state index in [1.807, 2.05) is 13.8 Å². The van der Waals surface area contributed by atoms with Gasteiger partial charge < -0.3 is 10.6 Å². The molecule has 0 aliphatic rings. The summed E-state index contributed by atoms with van der Waals surface area (Å²) in [4.78, 5) is 23.8. The summed E-state index contributed by atoms with van der Waals surface area (Å²) in [5.41, 5.74) is 0.478. The van der Waals surface area contributed by atoms with Gasteiger partial charge in [-0.25, -0.2) is 4.39 Å². The smallest absolute Gasteiger partial charge is 0.286 e. The minimum absolute atomic E-state index is 0.0446. The first kappa shape index (κ1) is 18.0. The second-order valence-corrected chi connectivity index (χ2v) is 6.40. The maximum Gasteiger partial charge on any atom is 0.286 e. The average molecular weight is 350 g/mol. The Bertz CT molecular complexity index is 702. The zero-order valence-corrected chi connectivity index (χ0v) is 14.3. The predicted molar refractivity (Wildman–Crippen MR) is 90.5 cm³/mol. The van der Waals surface area contributed by atoms with Crippen LogP contribution in [0.2, 0.25) is 0 Å². The molecule has 1 aromatic heterocycles. The van der Waals surface area contributed by atoms with Gasteiger partial charge in [0, 0.05) is 24.6 Å². The summed E-state index contributed by atoms with van der Waals surface area (Å²) in [5, 5.41) is 14.1. The highest BCUT2D eigenvalue weighted by Crippen LogP contribution is 2.15. The lowest BCUT2D eigenvalue weighted by Gasteiger charge is -2.10. The van der Waals surface area contributed by atoms with Crippen molar-refractivity contribution in [3.05, 3.63) is 40.1 Å². The Balaban J connectivity index is 1.86. The minimum atomic E-state index is -0.408. The van der Waals surface area contributed by atoms with E-state index in [4.69, 9.17) is 0 Å². The van der Waals surface area contributed by atoms with Crippen molar-refractivity contribution >= 4 is 28.8 Å². The first-order chi connectivity index (χ1) is 11.5. The topological polar surface area (TPSA) is 84.0 Å². The minimum Gasteiger partial charge on any atom is -0.354 e. The molecule has 6 nitrogen and oxygen atoms in total. The largest absolute Gasteiger partial charge is 0.354 e. The maximum absolute atomic E-state index is 12.8. The van der Waals surface area contributed by atoms with Crippen molar-refractivity contribution in [3.63, 3.8) is 0 Å². The van der Waals surface area contributed by atoms with Crippen molar-refractivity contribution in [1.82, 2.24) is 15.5 Å². The number of aryl methyl sites for hydroxylation is 1. The molecule has 0 bridgehead atoms. The van der Waals surface area contributed by atoms with Crippen LogP contribution in [0.15, 0.2) is 24.3 Å². The molecule has 1 heterocycles. The Morgan fingerprint density at radius 1 is 1.25 bits per heavy atom. The SMILES string of the molecule is CCC(C)NC(=O)CCc1nnc(C(=O)Nc2ccc(F)cc2)s1. The number of hydrogen-bond donors (Lipinski definition) is 2. The van der Waals surface area contributed by atoms with Crippen molar-refractivity contribution < 1.29 is 14.0 Å². The fourth-order valence-electron chi connectivity index (χ4n) is 1.83. The van der Waals surface area contributed by atoms with Gasteiger partial charge in [-0.15, -0.1) is 10.2 Å². The number of aromatic nitrogens is 2. The second kappa shape index (κ2) is 8.49. The molecular formula is C16H19FN4O2S. The van der Waals surface area contributed by atoms with Crippen LogP contribution in [0.3, 0.4) is 0 Å². The van der Waals surface area contributed by atoms with E-state index in [0.29, 0.717) is 23.5 Å². The van der Waals surface area contributed by atoms with Crippen LogP contribution in [0.1, 0.15) is 41.5 Å². The molecule has 1 aromatic carbocycles. The summed E-state index contributed by atoms with van der Waals surface area (Å²) in [6.07, 6.45) is 1.61. The third-order valence-electron chi connectivity index (χ3n) is 3.35. The van der Waals surface area contributed by atoms with E-state index in [1.165, 1.54) is 24.3 Å². The molecule has 0 aliphatic heterocycles. The van der Waals surface area contributed by atoms with Crippen LogP contribution in [-0.2, 0) is 11.2 Å². The third kappa shape index (κ3) is 5.38. The lowest BCUT2D eigenvalue weighted by atomic mass is 10.2. The van der Waals surface area contributed by atoms with Gasteiger partial charge in [0.25, 0.3) is 5.91 Å². The Kier molecular flexibility index (Phi) is 6.36. The summed E-state index contributed by atoms with van der Waals surface area (Å²) < 4.78 is 12.8. The molecule has 24 heavy (non-hydrogen) atoms. The molecule has 0 spiro atoms. The summed E-state index contributed by atoms with van der Waals surface area (Å²) in [5.74, 6) is -0.826. The van der Waals surface area contributed by atoms with Gasteiger partial charge in [0.1, 0.15) is 10.8 Å². The summed E-state index contributed by atoms with van der Waals surface area (Å²) in [6, 6.07) is 5.60. The Hall–Kier alpha value is -2.35. The molecule has 0 radical (unpaired) electrons. The second-order valence-electron chi connectivity index (χ2n) is 5.34. The van der Waals surface area contributed by atoms with E-state index in [2.05, 4.69) is 20.8 Å². The zero-order valence-electron chi connectivity index (χ0n) is 13.5. The molecule has 0 saturated heterocycles. The molecule has 0 fully saturated rings. The molecule has 2 amide bonds. The Morgan fingerprint density at radius 2 is 1.96 bits per heavy atom. The van der Waals surface area contributed by atoms with Crippen LogP contribution in [-0.4, -0.2) is 28.1 Å². The highest BCUT2D eigenvalue weighted by atomic mass is 32.1. The first-order valence-corrected chi connectivity index (χ1v) is 8.48. The maximum atomic E-state index is 12.8. The molecule has 8 heteroatoms. The van der Waals surface area contributed by atoms with E-state index >= 15 is 0 Å². The molecule has 0 saturated carbocycles. The number of rotatable bonds is 7. The fourth-order valence-corrected chi connectivity index (χ4v) is 2.57. The van der Waals surface area contributed by atoms with Crippen LogP contribution in [0.25, 0.3) is 0 Å². The summed E-state index contributed by atoms with van der Waals surface area (Å²) in [6.45, 7) is 3.95. The molecule has 2 aromatic rings.